The van der Waals surface area contributed by atoms with Crippen LogP contribution in [0.4, 0.5) is 0 Å². The van der Waals surface area contributed by atoms with Crippen LogP contribution < -0.4 is 0 Å². The fraction of sp³-hybridized carbons (Fsp3) is 0.222. The van der Waals surface area contributed by atoms with E-state index in [1.807, 2.05) is 36.4 Å². The number of hydrogen-bond acceptors (Lipinski definition) is 6. The van der Waals surface area contributed by atoms with Crippen LogP contribution in [-0.4, -0.2) is 40.7 Å². The molecule has 0 bridgehead atoms. The van der Waals surface area contributed by atoms with E-state index in [1.165, 1.54) is 4.68 Å². The van der Waals surface area contributed by atoms with Gasteiger partial charge >= 0.3 is 0 Å². The van der Waals surface area contributed by atoms with Gasteiger partial charge in [-0.2, -0.15) is 4.68 Å². The van der Waals surface area contributed by atoms with Gasteiger partial charge in [0.15, 0.2) is 0 Å². The van der Waals surface area contributed by atoms with E-state index < -0.39 is 15.3 Å². The Morgan fingerprint density at radius 3 is 2.27 bits per heavy atom. The summed E-state index contributed by atoms with van der Waals surface area (Å²) >= 11 is 0. The van der Waals surface area contributed by atoms with Crippen LogP contribution in [0, 0.1) is 0 Å². The molecule has 3 aromatic rings. The molecule has 0 radical (unpaired) electrons. The predicted octanol–water partition coefficient (Wildman–Crippen LogP) is 1.98. The minimum atomic E-state index is -3.78. The molecule has 1 aromatic heterocycles. The van der Waals surface area contributed by atoms with Gasteiger partial charge in [-0.3, -0.25) is 0 Å². The van der Waals surface area contributed by atoms with Crippen molar-refractivity contribution in [1.29, 1.82) is 0 Å². The van der Waals surface area contributed by atoms with Gasteiger partial charge in [-0.05, 0) is 41.5 Å². The number of carbonyl (C=O) groups excluding carboxylic acids is 1. The molecule has 3 rings (SSSR count). The molecular formula is C18H18N4O3S. The highest BCUT2D eigenvalue weighted by molar-refractivity contribution is 7.91. The van der Waals surface area contributed by atoms with Gasteiger partial charge in [0.25, 0.3) is 5.16 Å². The summed E-state index contributed by atoms with van der Waals surface area (Å²) in [5, 5.41) is 10.7. The van der Waals surface area contributed by atoms with Crippen LogP contribution in [0.2, 0.25) is 0 Å². The molecule has 0 saturated carbocycles. The summed E-state index contributed by atoms with van der Waals surface area (Å²) in [5.74, 6) is -0.246. The second kappa shape index (κ2) is 7.17. The van der Waals surface area contributed by atoms with Crippen LogP contribution >= 0.6 is 0 Å². The van der Waals surface area contributed by atoms with Crippen LogP contribution in [0.15, 0.2) is 65.8 Å². The lowest BCUT2D eigenvalue weighted by atomic mass is 9.82. The Balaban J connectivity index is 1.87. The first-order valence-electron chi connectivity index (χ1n) is 8.05. The normalized spacial score (nSPS) is 13.9. The molecular weight excluding hydrogens is 352 g/mol. The molecule has 26 heavy (non-hydrogen) atoms. The van der Waals surface area contributed by atoms with Crippen molar-refractivity contribution in [3.8, 4) is 5.69 Å². The summed E-state index contributed by atoms with van der Waals surface area (Å²) in [6.07, 6.45) is 0.919. The van der Waals surface area contributed by atoms with Gasteiger partial charge in [-0.15, -0.1) is 0 Å². The van der Waals surface area contributed by atoms with Crippen LogP contribution in [-0.2, 0) is 20.0 Å². The summed E-state index contributed by atoms with van der Waals surface area (Å²) < 4.78 is 26.8. The zero-order valence-corrected chi connectivity index (χ0v) is 15.0. The van der Waals surface area contributed by atoms with Gasteiger partial charge in [-0.1, -0.05) is 53.6 Å². The summed E-state index contributed by atoms with van der Waals surface area (Å²) in [7, 11) is -3.78. The van der Waals surface area contributed by atoms with E-state index >= 15 is 0 Å². The van der Waals surface area contributed by atoms with E-state index in [4.69, 9.17) is 0 Å². The summed E-state index contributed by atoms with van der Waals surface area (Å²) in [5.41, 5.74) is 0.421. The maximum absolute atomic E-state index is 12.8. The Hall–Kier alpha value is -2.87. The van der Waals surface area contributed by atoms with Crippen molar-refractivity contribution in [2.24, 2.45) is 0 Å². The molecule has 0 saturated heterocycles. The number of carbonyl (C=O) groups is 1. The highest BCUT2D eigenvalue weighted by Crippen LogP contribution is 2.27. The Morgan fingerprint density at radius 2 is 1.65 bits per heavy atom. The summed E-state index contributed by atoms with van der Waals surface area (Å²) in [6.45, 7) is 1.73. The Morgan fingerprint density at radius 1 is 1.04 bits per heavy atom. The second-order valence-corrected chi connectivity index (χ2v) is 8.18. The number of benzene rings is 2. The number of para-hydroxylation sites is 1. The van der Waals surface area contributed by atoms with Gasteiger partial charge in [0.05, 0.1) is 11.4 Å². The van der Waals surface area contributed by atoms with Crippen molar-refractivity contribution in [2.75, 3.05) is 5.75 Å². The molecule has 2 aromatic carbocycles. The molecule has 0 N–H and O–H groups in total. The lowest BCUT2D eigenvalue weighted by molar-refractivity contribution is -0.112. The van der Waals surface area contributed by atoms with E-state index in [-0.39, 0.29) is 17.3 Å². The number of rotatable bonds is 7. The number of nitrogens with zero attached hydrogens (tertiary/aromatic N) is 4. The third-order valence-corrected chi connectivity index (χ3v) is 5.86. The van der Waals surface area contributed by atoms with Crippen LogP contribution in [0.3, 0.4) is 0 Å². The average Bonchev–Trinajstić information content (AvgIpc) is 3.18. The van der Waals surface area contributed by atoms with Crippen LogP contribution in [0.25, 0.3) is 5.69 Å². The molecule has 1 heterocycles. The molecule has 7 nitrogen and oxygen atoms in total. The van der Waals surface area contributed by atoms with Crippen molar-refractivity contribution in [3.05, 3.63) is 66.2 Å². The van der Waals surface area contributed by atoms with Crippen molar-refractivity contribution in [3.63, 3.8) is 0 Å². The Labute approximate surface area is 151 Å². The van der Waals surface area contributed by atoms with Gasteiger partial charge in [0.2, 0.25) is 9.84 Å². The molecule has 0 fully saturated rings. The number of aromatic nitrogens is 4. The van der Waals surface area contributed by atoms with Crippen molar-refractivity contribution >= 4 is 16.1 Å². The molecule has 0 amide bonds. The number of tetrazole rings is 1. The van der Waals surface area contributed by atoms with Crippen molar-refractivity contribution in [2.45, 2.75) is 23.9 Å². The lowest BCUT2D eigenvalue weighted by Gasteiger charge is -2.23. The SMILES string of the molecule is C[C@@](C=O)(CCS(=O)(=O)c1nnnn1-c1ccccc1)c1ccccc1. The van der Waals surface area contributed by atoms with Crippen molar-refractivity contribution < 1.29 is 13.2 Å². The maximum Gasteiger partial charge on any atom is 0.272 e. The molecule has 8 heteroatoms. The minimum absolute atomic E-state index is 0.129. The van der Waals surface area contributed by atoms with Gasteiger partial charge < -0.3 is 4.79 Å². The maximum atomic E-state index is 12.8. The molecule has 0 spiro atoms. The third kappa shape index (κ3) is 3.55. The van der Waals surface area contributed by atoms with E-state index in [1.54, 1.807) is 31.2 Å². The monoisotopic (exact) mass is 370 g/mol. The first kappa shape index (κ1) is 17.9. The quantitative estimate of drug-likeness (QED) is 0.590. The molecule has 0 aliphatic carbocycles. The largest absolute Gasteiger partial charge is 0.302 e. The number of hydrogen-bond donors (Lipinski definition) is 0. The summed E-state index contributed by atoms with van der Waals surface area (Å²) in [6, 6.07) is 17.9. The first-order valence-corrected chi connectivity index (χ1v) is 9.70. The Bertz CT molecular complexity index is 988. The smallest absolute Gasteiger partial charge is 0.272 e. The Kier molecular flexibility index (Phi) is 4.94. The fourth-order valence-corrected chi connectivity index (χ4v) is 4.07. The molecule has 134 valence electrons. The van der Waals surface area contributed by atoms with Crippen LogP contribution in [0.1, 0.15) is 18.9 Å². The molecule has 0 unspecified atom stereocenters. The second-order valence-electron chi connectivity index (χ2n) is 6.18. The van der Waals surface area contributed by atoms with Gasteiger partial charge in [-0.25, -0.2) is 8.42 Å². The highest BCUT2D eigenvalue weighted by atomic mass is 32.2. The summed E-state index contributed by atoms with van der Waals surface area (Å²) in [4.78, 5) is 11.7. The van der Waals surface area contributed by atoms with Gasteiger partial charge in [0.1, 0.15) is 6.29 Å². The molecule has 0 aliphatic rings. The van der Waals surface area contributed by atoms with Gasteiger partial charge in [0, 0.05) is 5.41 Å². The first-order chi connectivity index (χ1) is 12.5. The van der Waals surface area contributed by atoms with E-state index in [2.05, 4.69) is 15.5 Å². The standard InChI is InChI=1S/C18H18N4O3S/c1-18(14-23,15-8-4-2-5-9-15)12-13-26(24,25)17-19-20-21-22(17)16-10-6-3-7-11-16/h2-11,14H,12-13H2,1H3/t18-/m0/s1. The highest BCUT2D eigenvalue weighted by Gasteiger charge is 2.31. The van der Waals surface area contributed by atoms with E-state index in [0.29, 0.717) is 5.69 Å². The average molecular weight is 370 g/mol. The van der Waals surface area contributed by atoms with Crippen molar-refractivity contribution in [1.82, 2.24) is 20.2 Å². The number of aldehydes is 1. The zero-order chi connectivity index (χ0) is 18.6. The zero-order valence-electron chi connectivity index (χ0n) is 14.2. The fourth-order valence-electron chi connectivity index (χ4n) is 2.63. The minimum Gasteiger partial charge on any atom is -0.302 e. The molecule has 0 aliphatic heterocycles. The lowest BCUT2D eigenvalue weighted by Crippen LogP contribution is -2.28. The number of sulfone groups is 1. The van der Waals surface area contributed by atoms with E-state index in [0.717, 1.165) is 11.8 Å². The van der Waals surface area contributed by atoms with Crippen LogP contribution in [0.5, 0.6) is 0 Å². The third-order valence-electron chi connectivity index (χ3n) is 4.30. The van der Waals surface area contributed by atoms with E-state index in [9.17, 15) is 13.2 Å². The molecule has 1 atom stereocenters. The topological polar surface area (TPSA) is 94.8 Å². The predicted molar refractivity (Wildman–Crippen MR) is 95.7 cm³/mol.